The second kappa shape index (κ2) is 5.44. The molecular formula is C13H17FN2O3. The van der Waals surface area contributed by atoms with Crippen LogP contribution in [-0.2, 0) is 4.74 Å². The van der Waals surface area contributed by atoms with Crippen molar-refractivity contribution in [2.24, 2.45) is 5.41 Å². The molecule has 2 rings (SSSR count). The number of carbonyl (C=O) groups excluding carboxylic acids is 1. The molecule has 0 spiro atoms. The van der Waals surface area contributed by atoms with Crippen molar-refractivity contribution < 1.29 is 18.7 Å². The van der Waals surface area contributed by atoms with Gasteiger partial charge in [-0.1, -0.05) is 6.92 Å². The second-order valence-electron chi connectivity index (χ2n) is 4.96. The number of anilines is 1. The highest BCUT2D eigenvalue weighted by atomic mass is 19.1. The van der Waals surface area contributed by atoms with E-state index in [1.807, 2.05) is 6.92 Å². The smallest absolute Gasteiger partial charge is 0.319 e. The van der Waals surface area contributed by atoms with Crippen molar-refractivity contribution in [3.63, 3.8) is 0 Å². The third-order valence-electron chi connectivity index (χ3n) is 2.99. The minimum atomic E-state index is -0.435. The number of urea groups is 1. The molecule has 2 N–H and O–H groups in total. The van der Waals surface area contributed by atoms with Crippen LogP contribution in [0.15, 0.2) is 18.2 Å². The van der Waals surface area contributed by atoms with E-state index in [0.717, 1.165) is 0 Å². The van der Waals surface area contributed by atoms with Gasteiger partial charge in [0, 0.05) is 18.0 Å². The van der Waals surface area contributed by atoms with Crippen molar-refractivity contribution in [1.29, 1.82) is 0 Å². The number of hydrogen-bond acceptors (Lipinski definition) is 3. The van der Waals surface area contributed by atoms with Crippen molar-refractivity contribution in [2.45, 2.75) is 6.92 Å². The van der Waals surface area contributed by atoms with Crippen LogP contribution in [0.25, 0.3) is 0 Å². The molecule has 0 aliphatic carbocycles. The predicted molar refractivity (Wildman–Crippen MR) is 68.9 cm³/mol. The van der Waals surface area contributed by atoms with Gasteiger partial charge in [-0.3, -0.25) is 0 Å². The summed E-state index contributed by atoms with van der Waals surface area (Å²) in [6.07, 6.45) is 0. The quantitative estimate of drug-likeness (QED) is 0.878. The summed E-state index contributed by atoms with van der Waals surface area (Å²) in [4.78, 5) is 11.7. The van der Waals surface area contributed by atoms with Gasteiger partial charge in [0.15, 0.2) is 0 Å². The highest BCUT2D eigenvalue weighted by Gasteiger charge is 2.33. The Bertz CT molecular complexity index is 475. The fourth-order valence-corrected chi connectivity index (χ4v) is 1.79. The first-order valence-electron chi connectivity index (χ1n) is 5.99. The molecule has 1 fully saturated rings. The summed E-state index contributed by atoms with van der Waals surface area (Å²) >= 11 is 0. The van der Waals surface area contributed by atoms with Gasteiger partial charge in [-0.2, -0.15) is 0 Å². The molecule has 1 aromatic rings. The van der Waals surface area contributed by atoms with Gasteiger partial charge in [-0.05, 0) is 12.1 Å². The Morgan fingerprint density at radius 3 is 2.84 bits per heavy atom. The van der Waals surface area contributed by atoms with Crippen molar-refractivity contribution in [3.8, 4) is 5.75 Å². The first kappa shape index (κ1) is 13.6. The Labute approximate surface area is 111 Å². The van der Waals surface area contributed by atoms with E-state index in [-0.39, 0.29) is 5.41 Å². The molecule has 6 heteroatoms. The van der Waals surface area contributed by atoms with E-state index in [2.05, 4.69) is 10.6 Å². The number of nitrogens with one attached hydrogen (secondary N) is 2. The highest BCUT2D eigenvalue weighted by molar-refractivity contribution is 5.90. The maximum atomic E-state index is 13.1. The van der Waals surface area contributed by atoms with Gasteiger partial charge < -0.3 is 20.1 Å². The molecule has 1 heterocycles. The van der Waals surface area contributed by atoms with Gasteiger partial charge in [-0.15, -0.1) is 0 Å². The minimum absolute atomic E-state index is 0.0106. The lowest BCUT2D eigenvalue weighted by Gasteiger charge is -2.37. The molecule has 1 aromatic carbocycles. The average molecular weight is 268 g/mol. The molecule has 0 aromatic heterocycles. The van der Waals surface area contributed by atoms with Crippen LogP contribution >= 0.6 is 0 Å². The Morgan fingerprint density at radius 1 is 1.53 bits per heavy atom. The van der Waals surface area contributed by atoms with Gasteiger partial charge in [0.25, 0.3) is 0 Å². The number of amides is 2. The fraction of sp³-hybridized carbons (Fsp3) is 0.462. The number of ether oxygens (including phenoxy) is 2. The largest absolute Gasteiger partial charge is 0.495 e. The first-order valence-corrected chi connectivity index (χ1v) is 5.99. The first-order chi connectivity index (χ1) is 9.02. The third kappa shape index (κ3) is 3.35. The molecule has 1 aliphatic heterocycles. The van der Waals surface area contributed by atoms with Crippen LogP contribution in [0.3, 0.4) is 0 Å². The van der Waals surface area contributed by atoms with E-state index in [4.69, 9.17) is 9.47 Å². The van der Waals surface area contributed by atoms with Crippen LogP contribution in [0.1, 0.15) is 6.92 Å². The number of rotatable bonds is 4. The van der Waals surface area contributed by atoms with E-state index in [9.17, 15) is 9.18 Å². The van der Waals surface area contributed by atoms with Gasteiger partial charge >= 0.3 is 6.03 Å². The highest BCUT2D eigenvalue weighted by Crippen LogP contribution is 2.26. The Kier molecular flexibility index (Phi) is 3.90. The zero-order valence-electron chi connectivity index (χ0n) is 11.0. The SMILES string of the molecule is COc1ccc(F)cc1NC(=O)NCC1(C)COC1. The average Bonchev–Trinajstić information content (AvgIpc) is 2.34. The van der Waals surface area contributed by atoms with E-state index in [1.165, 1.54) is 25.3 Å². The maximum absolute atomic E-state index is 13.1. The summed E-state index contributed by atoms with van der Waals surface area (Å²) in [7, 11) is 1.46. The summed E-state index contributed by atoms with van der Waals surface area (Å²) < 4.78 is 23.3. The van der Waals surface area contributed by atoms with Crippen LogP contribution in [0.4, 0.5) is 14.9 Å². The Balaban J connectivity index is 1.92. The molecule has 0 bridgehead atoms. The molecule has 0 unspecified atom stereocenters. The molecule has 19 heavy (non-hydrogen) atoms. The Morgan fingerprint density at radius 2 is 2.26 bits per heavy atom. The molecule has 1 aliphatic rings. The van der Waals surface area contributed by atoms with E-state index in [1.54, 1.807) is 0 Å². The minimum Gasteiger partial charge on any atom is -0.495 e. The van der Waals surface area contributed by atoms with Crippen molar-refractivity contribution in [3.05, 3.63) is 24.0 Å². The van der Waals surface area contributed by atoms with Crippen LogP contribution in [-0.4, -0.2) is 32.9 Å². The van der Waals surface area contributed by atoms with Crippen molar-refractivity contribution in [1.82, 2.24) is 5.32 Å². The zero-order valence-corrected chi connectivity index (χ0v) is 11.0. The van der Waals surface area contributed by atoms with Crippen molar-refractivity contribution in [2.75, 3.05) is 32.2 Å². The molecular weight excluding hydrogens is 251 g/mol. The van der Waals surface area contributed by atoms with E-state index < -0.39 is 11.8 Å². The number of methoxy groups -OCH3 is 1. The van der Waals surface area contributed by atoms with Crippen LogP contribution in [0.2, 0.25) is 0 Å². The van der Waals surface area contributed by atoms with Gasteiger partial charge in [0.1, 0.15) is 11.6 Å². The number of carbonyl (C=O) groups is 1. The summed E-state index contributed by atoms with van der Waals surface area (Å²) in [5.74, 6) is -0.0230. The summed E-state index contributed by atoms with van der Waals surface area (Å²) in [6, 6.07) is 3.56. The standard InChI is InChI=1S/C13H17FN2O3/c1-13(7-19-8-13)6-15-12(17)16-10-5-9(14)3-4-11(10)18-2/h3-5H,6-8H2,1-2H3,(H2,15,16,17). The maximum Gasteiger partial charge on any atom is 0.319 e. The van der Waals surface area contributed by atoms with Crippen LogP contribution in [0, 0.1) is 11.2 Å². The summed E-state index contributed by atoms with van der Waals surface area (Å²) in [6.45, 7) is 3.81. The molecule has 5 nitrogen and oxygen atoms in total. The molecule has 0 atom stereocenters. The zero-order chi connectivity index (χ0) is 13.9. The lowest BCUT2D eigenvalue weighted by Crippen LogP contribution is -2.49. The van der Waals surface area contributed by atoms with Crippen LogP contribution in [0.5, 0.6) is 5.75 Å². The second-order valence-corrected chi connectivity index (χ2v) is 4.96. The van der Waals surface area contributed by atoms with E-state index in [0.29, 0.717) is 31.2 Å². The monoisotopic (exact) mass is 268 g/mol. The summed E-state index contributed by atoms with van der Waals surface area (Å²) in [5, 5.41) is 5.30. The molecule has 2 amide bonds. The van der Waals surface area contributed by atoms with Gasteiger partial charge in [0.2, 0.25) is 0 Å². The predicted octanol–water partition coefficient (Wildman–Crippen LogP) is 1.99. The Hall–Kier alpha value is -1.82. The molecule has 0 radical (unpaired) electrons. The number of benzene rings is 1. The van der Waals surface area contributed by atoms with Gasteiger partial charge in [-0.25, -0.2) is 9.18 Å². The fourth-order valence-electron chi connectivity index (χ4n) is 1.79. The number of halogens is 1. The third-order valence-corrected chi connectivity index (χ3v) is 2.99. The summed E-state index contributed by atoms with van der Waals surface area (Å²) in [5.41, 5.74) is 0.290. The molecule has 1 saturated heterocycles. The normalized spacial score (nSPS) is 16.4. The van der Waals surface area contributed by atoms with Gasteiger partial charge in [0.05, 0.1) is 26.0 Å². The molecule has 104 valence electrons. The molecule has 0 saturated carbocycles. The van der Waals surface area contributed by atoms with Crippen LogP contribution < -0.4 is 15.4 Å². The van der Waals surface area contributed by atoms with E-state index >= 15 is 0 Å². The topological polar surface area (TPSA) is 59.6 Å². The van der Waals surface area contributed by atoms with Crippen molar-refractivity contribution >= 4 is 11.7 Å². The lowest BCUT2D eigenvalue weighted by molar-refractivity contribution is -0.0974. The lowest BCUT2D eigenvalue weighted by atomic mass is 9.89. The number of hydrogen-bond donors (Lipinski definition) is 2.